The highest BCUT2D eigenvalue weighted by molar-refractivity contribution is 7.15. The maximum Gasteiger partial charge on any atom is 0.330 e. The minimum atomic E-state index is 0. The molecule has 0 saturated carbocycles. The van der Waals surface area contributed by atoms with Gasteiger partial charge in [-0.05, 0) is 42.2 Å². The number of halogens is 1. The number of nitrogens with two attached hydrogens (primary N) is 1. The molecule has 1 heterocycles. The Morgan fingerprint density at radius 3 is 2.68 bits per heavy atom. The van der Waals surface area contributed by atoms with E-state index in [1.807, 2.05) is 0 Å². The molecule has 3 N–H and O–H groups in total. The van der Waals surface area contributed by atoms with Crippen LogP contribution in [0.1, 0.15) is 21.6 Å². The normalized spacial score (nSPS) is 11.7. The molecule has 4 rings (SSSR count). The summed E-state index contributed by atoms with van der Waals surface area (Å²) in [6.45, 7) is 4.32. The summed E-state index contributed by atoms with van der Waals surface area (Å²) in [5.74, 6) is 0. The van der Waals surface area contributed by atoms with Crippen molar-refractivity contribution < 1.29 is 29.0 Å². The first-order chi connectivity index (χ1) is 10.1. The zero-order chi connectivity index (χ0) is 14.6. The van der Waals surface area contributed by atoms with Crippen molar-refractivity contribution in [3.8, 4) is 22.4 Å². The van der Waals surface area contributed by atoms with Crippen LogP contribution in [0.3, 0.4) is 0 Å². The summed E-state index contributed by atoms with van der Waals surface area (Å²) in [5, 5.41) is 0.796. The van der Waals surface area contributed by atoms with Gasteiger partial charge in [0.05, 0.1) is 4.88 Å². The summed E-state index contributed by atoms with van der Waals surface area (Å²) < 4.78 is 0. The Morgan fingerprint density at radius 2 is 1.86 bits per heavy atom. The first-order valence-corrected chi connectivity index (χ1v) is 7.95. The van der Waals surface area contributed by atoms with Gasteiger partial charge in [0.2, 0.25) is 0 Å². The molecule has 0 aliphatic heterocycles. The molecule has 0 bridgehead atoms. The Bertz CT molecular complexity index is 868. The van der Waals surface area contributed by atoms with Crippen LogP contribution in [0.15, 0.2) is 36.4 Å². The second-order valence-electron chi connectivity index (χ2n) is 5.76. The number of benzene rings is 2. The number of anilines is 1. The lowest BCUT2D eigenvalue weighted by Crippen LogP contribution is -3.00. The van der Waals surface area contributed by atoms with Crippen LogP contribution in [0.25, 0.3) is 22.4 Å². The third-order valence-electron chi connectivity index (χ3n) is 4.19. The molecular weight excluding hydrogens is 403 g/mol. The Hall–Kier alpha value is -1.40. The van der Waals surface area contributed by atoms with Crippen LogP contribution in [-0.4, -0.2) is 0 Å². The minimum absolute atomic E-state index is 0. The van der Waals surface area contributed by atoms with Crippen LogP contribution >= 0.6 is 11.3 Å². The van der Waals surface area contributed by atoms with E-state index in [9.17, 15) is 0 Å². The Balaban J connectivity index is 0.00000144. The van der Waals surface area contributed by atoms with Crippen molar-refractivity contribution >= 4 is 16.5 Å². The molecule has 1 aromatic heterocycles. The molecule has 3 aromatic rings. The molecule has 0 atom stereocenters. The predicted molar refractivity (Wildman–Crippen MR) is 88.4 cm³/mol. The largest absolute Gasteiger partial charge is 1.00 e. The number of thiazole rings is 1. The standard InChI is InChI=1S/C18H16N2S.HI/c1-10-3-4-11(2)15(7-10)12-5-6-14-13(8-12)9-16-17(14)20-18(19)21-16;/h3-8H,9H2,1-2H3,(H2,19,20);1H. The molecule has 1 aliphatic rings. The lowest BCUT2D eigenvalue weighted by atomic mass is 9.95. The smallest absolute Gasteiger partial charge is 0.330 e. The third-order valence-corrected chi connectivity index (χ3v) is 5.11. The van der Waals surface area contributed by atoms with Crippen molar-refractivity contribution in [1.29, 1.82) is 0 Å². The van der Waals surface area contributed by atoms with E-state index in [0.717, 1.165) is 11.6 Å². The molecule has 0 fully saturated rings. The summed E-state index contributed by atoms with van der Waals surface area (Å²) in [7, 11) is 0. The first-order valence-electron chi connectivity index (χ1n) is 7.13. The van der Waals surface area contributed by atoms with Crippen molar-refractivity contribution in [3.05, 3.63) is 58.0 Å². The highest BCUT2D eigenvalue weighted by atomic mass is 127. The quantitative estimate of drug-likeness (QED) is 0.459. The molecule has 22 heavy (non-hydrogen) atoms. The highest BCUT2D eigenvalue weighted by Gasteiger charge is 2.25. The molecule has 4 heteroatoms. The molecular formula is C18H17IN2S. The second-order valence-corrected chi connectivity index (χ2v) is 6.89. The van der Waals surface area contributed by atoms with Crippen LogP contribution in [0.5, 0.6) is 0 Å². The van der Waals surface area contributed by atoms with E-state index in [1.165, 1.54) is 44.0 Å². The third kappa shape index (κ3) is 2.44. The van der Waals surface area contributed by atoms with E-state index < -0.39 is 0 Å². The number of H-pyrrole nitrogens is 1. The van der Waals surface area contributed by atoms with Crippen molar-refractivity contribution in [2.24, 2.45) is 0 Å². The first kappa shape index (κ1) is 15.5. The van der Waals surface area contributed by atoms with E-state index in [2.05, 4.69) is 55.2 Å². The van der Waals surface area contributed by atoms with Gasteiger partial charge in [0.25, 0.3) is 0 Å². The predicted octanol–water partition coefficient (Wildman–Crippen LogP) is 1.00. The monoisotopic (exact) mass is 420 g/mol. The van der Waals surface area contributed by atoms with Gasteiger partial charge in [-0.15, -0.1) is 0 Å². The number of rotatable bonds is 1. The van der Waals surface area contributed by atoms with Gasteiger partial charge in [-0.25, -0.2) is 4.98 Å². The van der Waals surface area contributed by atoms with E-state index in [4.69, 9.17) is 5.73 Å². The molecule has 0 spiro atoms. The zero-order valence-corrected chi connectivity index (χ0v) is 15.5. The maximum absolute atomic E-state index is 5.87. The lowest BCUT2D eigenvalue weighted by molar-refractivity contribution is -0.340. The van der Waals surface area contributed by atoms with E-state index in [1.54, 1.807) is 11.3 Å². The Morgan fingerprint density at radius 1 is 1.05 bits per heavy atom. The van der Waals surface area contributed by atoms with Crippen LogP contribution in [0.4, 0.5) is 5.13 Å². The summed E-state index contributed by atoms with van der Waals surface area (Å²) in [4.78, 5) is 4.64. The van der Waals surface area contributed by atoms with Gasteiger partial charge in [-0.1, -0.05) is 47.2 Å². The van der Waals surface area contributed by atoms with Crippen molar-refractivity contribution in [2.75, 3.05) is 5.73 Å². The zero-order valence-electron chi connectivity index (χ0n) is 12.5. The molecule has 2 nitrogen and oxygen atoms in total. The van der Waals surface area contributed by atoms with Gasteiger partial charge in [0.1, 0.15) is 5.69 Å². The fourth-order valence-corrected chi connectivity index (χ4v) is 4.02. The molecule has 2 aromatic carbocycles. The van der Waals surface area contributed by atoms with E-state index in [0.29, 0.717) is 0 Å². The summed E-state index contributed by atoms with van der Waals surface area (Å²) in [5.41, 5.74) is 15.0. The number of aromatic amines is 1. The molecule has 0 radical (unpaired) electrons. The molecule has 1 aliphatic carbocycles. The number of nitrogen functional groups attached to an aromatic ring is 1. The van der Waals surface area contributed by atoms with Crippen molar-refractivity contribution in [3.63, 3.8) is 0 Å². The highest BCUT2D eigenvalue weighted by Crippen LogP contribution is 2.40. The van der Waals surface area contributed by atoms with Gasteiger partial charge in [0.15, 0.2) is 0 Å². The van der Waals surface area contributed by atoms with Gasteiger partial charge < -0.3 is 24.0 Å². The molecule has 0 unspecified atom stereocenters. The maximum atomic E-state index is 5.87. The number of fused-ring (bicyclic) bond motifs is 3. The van der Waals surface area contributed by atoms with E-state index >= 15 is 0 Å². The molecule has 0 amide bonds. The second kappa shape index (κ2) is 5.66. The van der Waals surface area contributed by atoms with Crippen LogP contribution < -0.4 is 34.7 Å². The fraction of sp³-hybridized carbons (Fsp3) is 0.167. The number of hydrogen-bond acceptors (Lipinski definition) is 2. The minimum Gasteiger partial charge on any atom is -1.00 e. The Kier molecular flexibility index (Phi) is 3.99. The average Bonchev–Trinajstić information content (AvgIpc) is 2.96. The van der Waals surface area contributed by atoms with Crippen LogP contribution in [-0.2, 0) is 6.42 Å². The molecule has 0 saturated heterocycles. The Labute approximate surface area is 151 Å². The number of hydrogen-bond donors (Lipinski definition) is 1. The van der Waals surface area contributed by atoms with Gasteiger partial charge >= 0.3 is 5.13 Å². The summed E-state index contributed by atoms with van der Waals surface area (Å²) in [6, 6.07) is 13.4. The number of aromatic nitrogens is 1. The van der Waals surface area contributed by atoms with Gasteiger partial charge in [-0.3, -0.25) is 5.73 Å². The number of aryl methyl sites for hydroxylation is 2. The van der Waals surface area contributed by atoms with Crippen LogP contribution in [0, 0.1) is 13.8 Å². The molecule has 112 valence electrons. The SMILES string of the molecule is Cc1ccc(C)c(-c2ccc3c(c2)Cc2sc(N)[nH+]c2-3)c1.[I-]. The van der Waals surface area contributed by atoms with Crippen molar-refractivity contribution in [1.82, 2.24) is 0 Å². The van der Waals surface area contributed by atoms with Crippen molar-refractivity contribution in [2.45, 2.75) is 20.3 Å². The van der Waals surface area contributed by atoms with Gasteiger partial charge in [0, 0.05) is 12.0 Å². The lowest BCUT2D eigenvalue weighted by Gasteiger charge is -2.09. The van der Waals surface area contributed by atoms with Crippen LogP contribution in [0.2, 0.25) is 0 Å². The topological polar surface area (TPSA) is 40.2 Å². The fourth-order valence-electron chi connectivity index (χ4n) is 3.12. The van der Waals surface area contributed by atoms with E-state index in [-0.39, 0.29) is 24.0 Å². The number of nitrogens with one attached hydrogen (secondary N) is 1. The summed E-state index contributed by atoms with van der Waals surface area (Å²) in [6.07, 6.45) is 0.988. The van der Waals surface area contributed by atoms with Gasteiger partial charge in [-0.2, -0.15) is 0 Å². The average molecular weight is 420 g/mol. The summed E-state index contributed by atoms with van der Waals surface area (Å²) >= 11 is 1.66.